The Bertz CT molecular complexity index is 275. The summed E-state index contributed by atoms with van der Waals surface area (Å²) in [6.07, 6.45) is 0. The maximum absolute atomic E-state index is 9.26. The van der Waals surface area contributed by atoms with E-state index in [-0.39, 0.29) is 12.6 Å². The van der Waals surface area contributed by atoms with Gasteiger partial charge in [-0.3, -0.25) is 0 Å². The minimum absolute atomic E-state index is 0.0618. The lowest BCUT2D eigenvalue weighted by atomic mass is 10.2. The van der Waals surface area contributed by atoms with E-state index in [1.54, 1.807) is 11.3 Å². The zero-order valence-corrected chi connectivity index (χ0v) is 10.9. The molecule has 1 atom stereocenters. The molecule has 4 heteroatoms. The number of thiophene rings is 1. The molecule has 0 amide bonds. The molecule has 1 aromatic heterocycles. The molecular formula is C10H16BrNOS. The lowest BCUT2D eigenvalue weighted by molar-refractivity contribution is 0.242. The van der Waals surface area contributed by atoms with Crippen molar-refractivity contribution in [1.29, 1.82) is 0 Å². The lowest BCUT2D eigenvalue weighted by Gasteiger charge is -2.16. The van der Waals surface area contributed by atoms with Crippen LogP contribution in [0.5, 0.6) is 0 Å². The van der Waals surface area contributed by atoms with Crippen molar-refractivity contribution in [3.8, 4) is 0 Å². The van der Waals surface area contributed by atoms with Crippen LogP contribution in [0.2, 0.25) is 0 Å². The number of hydrogen-bond donors (Lipinski definition) is 2. The second kappa shape index (κ2) is 5.85. The Morgan fingerprint density at radius 2 is 2.29 bits per heavy atom. The Labute approximate surface area is 97.5 Å². The van der Waals surface area contributed by atoms with Crippen LogP contribution in [0.3, 0.4) is 0 Å². The average molecular weight is 278 g/mol. The zero-order chi connectivity index (χ0) is 10.6. The van der Waals surface area contributed by atoms with Gasteiger partial charge in [0.05, 0.1) is 12.6 Å². The largest absolute Gasteiger partial charge is 0.394 e. The monoisotopic (exact) mass is 277 g/mol. The number of aliphatic hydroxyl groups is 1. The first-order valence-corrected chi connectivity index (χ1v) is 6.39. The minimum atomic E-state index is 0.0618. The number of nitrogens with one attached hydrogen (secondary N) is 1. The second-order valence-corrected chi connectivity index (χ2v) is 5.47. The van der Waals surface area contributed by atoms with Crippen molar-refractivity contribution in [2.24, 2.45) is 5.92 Å². The molecule has 1 heterocycles. The van der Waals surface area contributed by atoms with Crippen LogP contribution in [-0.4, -0.2) is 18.3 Å². The standard InChI is InChI=1S/C10H16BrNOS/c1-7(2)5-12-9(6-13)10-8(11)3-4-14-10/h3-4,7,9,12-13H,5-6H2,1-2H3. The van der Waals surface area contributed by atoms with Gasteiger partial charge in [-0.15, -0.1) is 11.3 Å². The van der Waals surface area contributed by atoms with Crippen LogP contribution in [-0.2, 0) is 0 Å². The third-order valence-electron chi connectivity index (χ3n) is 1.92. The quantitative estimate of drug-likeness (QED) is 0.868. The van der Waals surface area contributed by atoms with E-state index in [0.717, 1.165) is 11.0 Å². The fourth-order valence-electron chi connectivity index (χ4n) is 1.17. The van der Waals surface area contributed by atoms with Crippen LogP contribution in [0.1, 0.15) is 24.8 Å². The van der Waals surface area contributed by atoms with Crippen LogP contribution in [0.4, 0.5) is 0 Å². The average Bonchev–Trinajstić information content (AvgIpc) is 2.53. The highest BCUT2D eigenvalue weighted by molar-refractivity contribution is 9.10. The summed E-state index contributed by atoms with van der Waals surface area (Å²) in [4.78, 5) is 1.17. The van der Waals surface area contributed by atoms with Gasteiger partial charge < -0.3 is 10.4 Å². The smallest absolute Gasteiger partial charge is 0.0661 e. The van der Waals surface area contributed by atoms with Crippen LogP contribution in [0.25, 0.3) is 0 Å². The summed E-state index contributed by atoms with van der Waals surface area (Å²) < 4.78 is 1.08. The van der Waals surface area contributed by atoms with Crippen molar-refractivity contribution in [2.75, 3.05) is 13.2 Å². The summed E-state index contributed by atoms with van der Waals surface area (Å²) in [5.74, 6) is 0.600. The highest BCUT2D eigenvalue weighted by Gasteiger charge is 2.14. The molecule has 80 valence electrons. The molecule has 0 aliphatic carbocycles. The number of rotatable bonds is 5. The molecule has 2 nitrogen and oxygen atoms in total. The Morgan fingerprint density at radius 1 is 1.57 bits per heavy atom. The van der Waals surface area contributed by atoms with Gasteiger partial charge in [0, 0.05) is 9.35 Å². The summed E-state index contributed by atoms with van der Waals surface area (Å²) in [6.45, 7) is 5.39. The molecule has 1 rings (SSSR count). The third-order valence-corrected chi connectivity index (χ3v) is 3.90. The van der Waals surface area contributed by atoms with E-state index in [1.807, 2.05) is 11.4 Å². The van der Waals surface area contributed by atoms with Gasteiger partial charge in [0.15, 0.2) is 0 Å². The first kappa shape index (κ1) is 12.2. The van der Waals surface area contributed by atoms with Gasteiger partial charge in [0.25, 0.3) is 0 Å². The first-order chi connectivity index (χ1) is 6.65. The van der Waals surface area contributed by atoms with Gasteiger partial charge in [0.2, 0.25) is 0 Å². The minimum Gasteiger partial charge on any atom is -0.394 e. The highest BCUT2D eigenvalue weighted by atomic mass is 79.9. The Balaban J connectivity index is 2.58. The predicted octanol–water partition coefficient (Wildman–Crippen LogP) is 2.79. The van der Waals surface area contributed by atoms with Crippen LogP contribution in [0, 0.1) is 5.92 Å². The molecule has 2 N–H and O–H groups in total. The van der Waals surface area contributed by atoms with Crippen LogP contribution in [0.15, 0.2) is 15.9 Å². The summed E-state index contributed by atoms with van der Waals surface area (Å²) in [5, 5.41) is 14.6. The molecule has 0 aliphatic rings. The van der Waals surface area contributed by atoms with Gasteiger partial charge in [-0.1, -0.05) is 13.8 Å². The van der Waals surface area contributed by atoms with Crippen molar-refractivity contribution in [1.82, 2.24) is 5.32 Å². The summed E-state index contributed by atoms with van der Waals surface area (Å²) in [5.41, 5.74) is 0. The summed E-state index contributed by atoms with van der Waals surface area (Å²) in [6, 6.07) is 2.08. The number of aliphatic hydroxyl groups excluding tert-OH is 1. The van der Waals surface area contributed by atoms with Crippen molar-refractivity contribution >= 4 is 27.3 Å². The van der Waals surface area contributed by atoms with Crippen molar-refractivity contribution < 1.29 is 5.11 Å². The Hall–Kier alpha value is 0.100. The fraction of sp³-hybridized carbons (Fsp3) is 0.600. The first-order valence-electron chi connectivity index (χ1n) is 4.72. The topological polar surface area (TPSA) is 32.3 Å². The molecule has 0 aromatic carbocycles. The van der Waals surface area contributed by atoms with Crippen molar-refractivity contribution in [2.45, 2.75) is 19.9 Å². The second-order valence-electron chi connectivity index (χ2n) is 3.67. The maximum Gasteiger partial charge on any atom is 0.0661 e. The maximum atomic E-state index is 9.26. The number of halogens is 1. The molecule has 0 spiro atoms. The summed E-state index contributed by atoms with van der Waals surface area (Å²) in [7, 11) is 0. The molecule has 0 radical (unpaired) electrons. The van der Waals surface area contributed by atoms with Gasteiger partial charge in [-0.25, -0.2) is 0 Å². The van der Waals surface area contributed by atoms with E-state index in [1.165, 1.54) is 4.88 Å². The third kappa shape index (κ3) is 3.35. The van der Waals surface area contributed by atoms with Gasteiger partial charge in [0.1, 0.15) is 0 Å². The fourth-order valence-corrected chi connectivity index (χ4v) is 2.89. The normalized spacial score (nSPS) is 13.5. The van der Waals surface area contributed by atoms with Gasteiger partial charge in [-0.05, 0) is 39.8 Å². The van der Waals surface area contributed by atoms with Crippen LogP contribution < -0.4 is 5.32 Å². The Kier molecular flexibility index (Phi) is 5.09. The van der Waals surface area contributed by atoms with Gasteiger partial charge >= 0.3 is 0 Å². The summed E-state index contributed by atoms with van der Waals surface area (Å²) >= 11 is 5.14. The van der Waals surface area contributed by atoms with E-state index >= 15 is 0 Å². The molecule has 1 aromatic rings. The molecule has 14 heavy (non-hydrogen) atoms. The molecule has 0 aliphatic heterocycles. The van der Waals surface area contributed by atoms with Crippen molar-refractivity contribution in [3.63, 3.8) is 0 Å². The van der Waals surface area contributed by atoms with Crippen molar-refractivity contribution in [3.05, 3.63) is 20.8 Å². The van der Waals surface area contributed by atoms with E-state index in [4.69, 9.17) is 0 Å². The molecule has 0 bridgehead atoms. The lowest BCUT2D eigenvalue weighted by Crippen LogP contribution is -2.27. The zero-order valence-electron chi connectivity index (χ0n) is 8.46. The molecule has 1 unspecified atom stereocenters. The van der Waals surface area contributed by atoms with Gasteiger partial charge in [-0.2, -0.15) is 0 Å². The molecular weight excluding hydrogens is 262 g/mol. The van der Waals surface area contributed by atoms with Crippen LogP contribution >= 0.6 is 27.3 Å². The van der Waals surface area contributed by atoms with E-state index in [0.29, 0.717) is 5.92 Å². The highest BCUT2D eigenvalue weighted by Crippen LogP contribution is 2.28. The molecule has 0 fully saturated rings. The Morgan fingerprint density at radius 3 is 2.71 bits per heavy atom. The van der Waals surface area contributed by atoms with E-state index < -0.39 is 0 Å². The number of hydrogen-bond acceptors (Lipinski definition) is 3. The van der Waals surface area contributed by atoms with E-state index in [9.17, 15) is 5.11 Å². The molecule has 0 saturated heterocycles. The van der Waals surface area contributed by atoms with E-state index in [2.05, 4.69) is 35.1 Å². The predicted molar refractivity (Wildman–Crippen MR) is 64.7 cm³/mol. The molecule has 0 saturated carbocycles. The SMILES string of the molecule is CC(C)CNC(CO)c1sccc1Br.